The number of carbonyl (C=O) groups is 1. The van der Waals surface area contributed by atoms with Crippen molar-refractivity contribution in [2.24, 2.45) is 5.92 Å². The molecule has 1 amide bonds. The first-order valence-corrected chi connectivity index (χ1v) is 9.13. The van der Waals surface area contributed by atoms with Gasteiger partial charge in [0.15, 0.2) is 0 Å². The number of likely N-dealkylation sites (N-methyl/N-ethyl adjacent to an activating group) is 1. The maximum Gasteiger partial charge on any atom is 0.225 e. The summed E-state index contributed by atoms with van der Waals surface area (Å²) in [5.74, 6) is 0.786. The highest BCUT2D eigenvalue weighted by molar-refractivity contribution is 5.81. The van der Waals surface area contributed by atoms with Gasteiger partial charge in [0.2, 0.25) is 5.91 Å². The maximum atomic E-state index is 12.1. The van der Waals surface area contributed by atoms with Crippen LogP contribution >= 0.6 is 0 Å². The molecule has 1 aliphatic heterocycles. The van der Waals surface area contributed by atoms with Crippen molar-refractivity contribution in [3.05, 3.63) is 0 Å². The molecular formula is C18H33N3O. The number of amides is 1. The quantitative estimate of drug-likeness (QED) is 0.865. The molecule has 0 bridgehead atoms. The average Bonchev–Trinajstić information content (AvgIpc) is 3.19. The van der Waals surface area contributed by atoms with Crippen LogP contribution in [-0.4, -0.2) is 59.5 Å². The van der Waals surface area contributed by atoms with E-state index in [-0.39, 0.29) is 5.54 Å². The monoisotopic (exact) mass is 307 g/mol. The molecule has 0 radical (unpaired) electrons. The molecule has 2 saturated carbocycles. The molecule has 126 valence electrons. The summed E-state index contributed by atoms with van der Waals surface area (Å²) in [5, 5.41) is 3.83. The third-order valence-corrected chi connectivity index (χ3v) is 5.55. The molecule has 22 heavy (non-hydrogen) atoms. The van der Waals surface area contributed by atoms with Crippen molar-refractivity contribution in [3.8, 4) is 0 Å². The number of nitrogens with zero attached hydrogens (tertiary/aromatic N) is 2. The smallest absolute Gasteiger partial charge is 0.225 e. The number of likely N-dealkylation sites (tertiary alicyclic amines) is 1. The van der Waals surface area contributed by atoms with Crippen molar-refractivity contribution >= 4 is 5.91 Å². The minimum atomic E-state index is 0.175. The number of nitrogens with one attached hydrogen (secondary N) is 1. The molecule has 0 aromatic carbocycles. The van der Waals surface area contributed by atoms with Crippen LogP contribution in [0.5, 0.6) is 0 Å². The number of rotatable bonds is 4. The van der Waals surface area contributed by atoms with E-state index >= 15 is 0 Å². The number of carbonyl (C=O) groups excluding carboxylic acids is 1. The van der Waals surface area contributed by atoms with Gasteiger partial charge in [-0.05, 0) is 53.5 Å². The minimum Gasteiger partial charge on any atom is -0.339 e. The number of hydrogen-bond donors (Lipinski definition) is 1. The fourth-order valence-corrected chi connectivity index (χ4v) is 4.08. The Morgan fingerprint density at radius 2 is 1.73 bits per heavy atom. The Bertz CT molecular complexity index is 407. The molecule has 0 aromatic rings. The lowest BCUT2D eigenvalue weighted by atomic mass is 9.86. The first-order chi connectivity index (χ1) is 10.3. The van der Waals surface area contributed by atoms with Gasteiger partial charge in [-0.2, -0.15) is 0 Å². The Morgan fingerprint density at radius 1 is 1.09 bits per heavy atom. The van der Waals surface area contributed by atoms with Gasteiger partial charge in [0.05, 0.1) is 0 Å². The zero-order valence-electron chi connectivity index (χ0n) is 14.8. The van der Waals surface area contributed by atoms with E-state index in [1.807, 2.05) is 0 Å². The predicted octanol–water partition coefficient (Wildman–Crippen LogP) is 2.24. The van der Waals surface area contributed by atoms with E-state index in [1.54, 1.807) is 0 Å². The third kappa shape index (κ3) is 3.65. The van der Waals surface area contributed by atoms with Gasteiger partial charge in [0.1, 0.15) is 0 Å². The molecular weight excluding hydrogens is 274 g/mol. The van der Waals surface area contributed by atoms with E-state index in [2.05, 4.69) is 42.9 Å². The number of hydrogen-bond acceptors (Lipinski definition) is 3. The Kier molecular flexibility index (Phi) is 4.52. The highest BCUT2D eigenvalue weighted by atomic mass is 16.2. The molecule has 3 fully saturated rings. The van der Waals surface area contributed by atoms with Crippen LogP contribution in [-0.2, 0) is 4.79 Å². The van der Waals surface area contributed by atoms with Crippen molar-refractivity contribution in [3.63, 3.8) is 0 Å². The van der Waals surface area contributed by atoms with Gasteiger partial charge < -0.3 is 10.2 Å². The second-order valence-electron chi connectivity index (χ2n) is 8.69. The van der Waals surface area contributed by atoms with E-state index in [0.717, 1.165) is 25.9 Å². The summed E-state index contributed by atoms with van der Waals surface area (Å²) in [7, 11) is 2.27. The van der Waals surface area contributed by atoms with E-state index in [4.69, 9.17) is 0 Å². The molecule has 1 heterocycles. The van der Waals surface area contributed by atoms with Crippen LogP contribution in [0.4, 0.5) is 0 Å². The highest BCUT2D eigenvalue weighted by Crippen LogP contribution is 2.34. The van der Waals surface area contributed by atoms with Crippen LogP contribution in [0.2, 0.25) is 0 Å². The van der Waals surface area contributed by atoms with Gasteiger partial charge in [-0.15, -0.1) is 0 Å². The summed E-state index contributed by atoms with van der Waals surface area (Å²) < 4.78 is 0. The average molecular weight is 307 g/mol. The lowest BCUT2D eigenvalue weighted by Gasteiger charge is -2.50. The molecule has 3 aliphatic rings. The zero-order chi connectivity index (χ0) is 15.9. The predicted molar refractivity (Wildman–Crippen MR) is 89.8 cm³/mol. The Hall–Kier alpha value is -0.610. The molecule has 0 aromatic heterocycles. The SMILES string of the molecule is CN(C1CN(C(=O)C2CC2)C1)[C@H]1CCCC[C@@H]1NC(C)(C)C. The van der Waals surface area contributed by atoms with E-state index in [0.29, 0.717) is 30.0 Å². The Labute approximate surface area is 135 Å². The van der Waals surface area contributed by atoms with Crippen molar-refractivity contribution in [1.82, 2.24) is 15.1 Å². The summed E-state index contributed by atoms with van der Waals surface area (Å²) in [6, 6.07) is 1.78. The van der Waals surface area contributed by atoms with Gasteiger partial charge in [-0.1, -0.05) is 12.8 Å². The standard InChI is InChI=1S/C18H33N3O/c1-18(2,3)19-15-7-5-6-8-16(15)20(4)14-11-21(12-14)17(22)13-9-10-13/h13-16,19H,5-12H2,1-4H3/t15-,16-/m0/s1. The maximum absolute atomic E-state index is 12.1. The second-order valence-corrected chi connectivity index (χ2v) is 8.69. The summed E-state index contributed by atoms with van der Waals surface area (Å²) >= 11 is 0. The van der Waals surface area contributed by atoms with Crippen LogP contribution < -0.4 is 5.32 Å². The molecule has 4 nitrogen and oxygen atoms in total. The molecule has 0 unspecified atom stereocenters. The molecule has 4 heteroatoms. The van der Waals surface area contributed by atoms with Crippen LogP contribution in [0, 0.1) is 5.92 Å². The minimum absolute atomic E-state index is 0.175. The summed E-state index contributed by atoms with van der Waals surface area (Å²) in [5.41, 5.74) is 0.175. The molecule has 0 spiro atoms. The summed E-state index contributed by atoms with van der Waals surface area (Å²) in [6.45, 7) is 8.68. The largest absolute Gasteiger partial charge is 0.339 e. The summed E-state index contributed by atoms with van der Waals surface area (Å²) in [6.07, 6.45) is 7.50. The van der Waals surface area contributed by atoms with Gasteiger partial charge in [-0.25, -0.2) is 0 Å². The van der Waals surface area contributed by atoms with Gasteiger partial charge in [0.25, 0.3) is 0 Å². The van der Waals surface area contributed by atoms with E-state index in [1.165, 1.54) is 25.7 Å². The summed E-state index contributed by atoms with van der Waals surface area (Å²) in [4.78, 5) is 16.7. The fraction of sp³-hybridized carbons (Fsp3) is 0.944. The van der Waals surface area contributed by atoms with Gasteiger partial charge in [0, 0.05) is 42.7 Å². The van der Waals surface area contributed by atoms with Crippen molar-refractivity contribution < 1.29 is 4.79 Å². The first-order valence-electron chi connectivity index (χ1n) is 9.13. The van der Waals surface area contributed by atoms with Crippen molar-refractivity contribution in [2.75, 3.05) is 20.1 Å². The van der Waals surface area contributed by atoms with Crippen LogP contribution in [0.3, 0.4) is 0 Å². The first kappa shape index (κ1) is 16.3. The van der Waals surface area contributed by atoms with Gasteiger partial charge in [-0.3, -0.25) is 9.69 Å². The Morgan fingerprint density at radius 3 is 2.32 bits per heavy atom. The second kappa shape index (κ2) is 6.12. The highest BCUT2D eigenvalue weighted by Gasteiger charge is 2.43. The van der Waals surface area contributed by atoms with Crippen molar-refractivity contribution in [1.29, 1.82) is 0 Å². The van der Waals surface area contributed by atoms with Crippen LogP contribution in [0.25, 0.3) is 0 Å². The topological polar surface area (TPSA) is 35.6 Å². The van der Waals surface area contributed by atoms with Crippen molar-refractivity contribution in [2.45, 2.75) is 83.0 Å². The fourth-order valence-electron chi connectivity index (χ4n) is 4.08. The Balaban J connectivity index is 1.53. The van der Waals surface area contributed by atoms with E-state index < -0.39 is 0 Å². The lowest BCUT2D eigenvalue weighted by molar-refractivity contribution is -0.140. The van der Waals surface area contributed by atoms with E-state index in [9.17, 15) is 4.79 Å². The molecule has 2 atom stereocenters. The van der Waals surface area contributed by atoms with Crippen LogP contribution in [0.15, 0.2) is 0 Å². The molecule has 1 saturated heterocycles. The molecule has 1 N–H and O–H groups in total. The zero-order valence-corrected chi connectivity index (χ0v) is 14.8. The lowest BCUT2D eigenvalue weighted by Crippen LogP contribution is -2.66. The molecule has 3 rings (SSSR count). The van der Waals surface area contributed by atoms with Crippen LogP contribution in [0.1, 0.15) is 59.3 Å². The van der Waals surface area contributed by atoms with Gasteiger partial charge >= 0.3 is 0 Å². The third-order valence-electron chi connectivity index (χ3n) is 5.55. The normalized spacial score (nSPS) is 30.5. The molecule has 2 aliphatic carbocycles.